The Labute approximate surface area is 75.4 Å². The average molecular weight is 188 g/mol. The molecule has 0 saturated carbocycles. The SMILES string of the molecule is CC(C)C(CC(=O)O)C(=O)C(=O)O. The maximum absolute atomic E-state index is 11.0. The molecule has 0 rings (SSSR count). The van der Waals surface area contributed by atoms with Gasteiger partial charge in [-0.05, 0) is 5.92 Å². The van der Waals surface area contributed by atoms with Gasteiger partial charge in [0, 0.05) is 5.92 Å². The molecule has 0 heterocycles. The van der Waals surface area contributed by atoms with Gasteiger partial charge in [-0.1, -0.05) is 13.8 Å². The van der Waals surface area contributed by atoms with E-state index < -0.39 is 30.1 Å². The van der Waals surface area contributed by atoms with Crippen LogP contribution in [0.3, 0.4) is 0 Å². The highest BCUT2D eigenvalue weighted by atomic mass is 16.4. The van der Waals surface area contributed by atoms with E-state index in [0.717, 1.165) is 0 Å². The molecule has 0 amide bonds. The molecule has 1 unspecified atom stereocenters. The molecule has 0 spiro atoms. The Balaban J connectivity index is 4.51. The van der Waals surface area contributed by atoms with Crippen LogP contribution in [-0.4, -0.2) is 27.9 Å². The summed E-state index contributed by atoms with van der Waals surface area (Å²) in [5, 5.41) is 16.8. The van der Waals surface area contributed by atoms with Gasteiger partial charge in [0.25, 0.3) is 0 Å². The highest BCUT2D eigenvalue weighted by molar-refractivity contribution is 6.33. The molecule has 0 aromatic heterocycles. The molecule has 1 atom stereocenters. The second-order valence-electron chi connectivity index (χ2n) is 3.12. The molecule has 5 heteroatoms. The van der Waals surface area contributed by atoms with Crippen LogP contribution in [0.1, 0.15) is 20.3 Å². The minimum Gasteiger partial charge on any atom is -0.481 e. The molecule has 5 nitrogen and oxygen atoms in total. The van der Waals surface area contributed by atoms with Crippen LogP contribution in [0.5, 0.6) is 0 Å². The molecule has 2 N–H and O–H groups in total. The minimum atomic E-state index is -1.57. The first-order chi connectivity index (χ1) is 5.86. The number of carboxylic acid groups (broad SMARTS) is 2. The smallest absolute Gasteiger partial charge is 0.372 e. The fourth-order valence-corrected chi connectivity index (χ4v) is 0.978. The number of Topliss-reactive ketones (excluding diaryl/α,β-unsaturated/α-hetero) is 1. The van der Waals surface area contributed by atoms with Crippen molar-refractivity contribution in [3.63, 3.8) is 0 Å². The number of carbonyl (C=O) groups excluding carboxylic acids is 1. The number of hydrogen-bond donors (Lipinski definition) is 2. The summed E-state index contributed by atoms with van der Waals surface area (Å²) in [6, 6.07) is 0. The van der Waals surface area contributed by atoms with E-state index in [4.69, 9.17) is 10.2 Å². The standard InChI is InChI=1S/C8H12O5/c1-4(2)5(3-6(9)10)7(11)8(12)13/h4-5H,3H2,1-2H3,(H,9,10)(H,12,13). The summed E-state index contributed by atoms with van der Waals surface area (Å²) in [5.74, 6) is -4.97. The summed E-state index contributed by atoms with van der Waals surface area (Å²) in [7, 11) is 0. The van der Waals surface area contributed by atoms with Gasteiger partial charge in [-0.15, -0.1) is 0 Å². The number of carbonyl (C=O) groups is 3. The van der Waals surface area contributed by atoms with Crippen molar-refractivity contribution in [1.29, 1.82) is 0 Å². The van der Waals surface area contributed by atoms with Gasteiger partial charge in [-0.2, -0.15) is 0 Å². The van der Waals surface area contributed by atoms with Crippen molar-refractivity contribution < 1.29 is 24.6 Å². The lowest BCUT2D eigenvalue weighted by Crippen LogP contribution is -2.29. The second-order valence-corrected chi connectivity index (χ2v) is 3.12. The van der Waals surface area contributed by atoms with Crippen LogP contribution in [-0.2, 0) is 14.4 Å². The van der Waals surface area contributed by atoms with Crippen LogP contribution in [0.15, 0.2) is 0 Å². The normalized spacial score (nSPS) is 12.5. The van der Waals surface area contributed by atoms with Gasteiger partial charge in [-0.25, -0.2) is 4.79 Å². The van der Waals surface area contributed by atoms with Crippen LogP contribution in [0.2, 0.25) is 0 Å². The van der Waals surface area contributed by atoms with Gasteiger partial charge in [0.05, 0.1) is 6.42 Å². The number of hydrogen-bond acceptors (Lipinski definition) is 3. The fraction of sp³-hybridized carbons (Fsp3) is 0.625. The number of ketones is 1. The van der Waals surface area contributed by atoms with E-state index in [9.17, 15) is 14.4 Å². The van der Waals surface area contributed by atoms with Crippen LogP contribution >= 0.6 is 0 Å². The van der Waals surface area contributed by atoms with Crippen molar-refractivity contribution in [1.82, 2.24) is 0 Å². The summed E-state index contributed by atoms with van der Waals surface area (Å²) in [6.07, 6.45) is -0.428. The van der Waals surface area contributed by atoms with Gasteiger partial charge in [0.2, 0.25) is 5.78 Å². The predicted molar refractivity (Wildman–Crippen MR) is 43.2 cm³/mol. The van der Waals surface area contributed by atoms with E-state index >= 15 is 0 Å². The third-order valence-corrected chi connectivity index (χ3v) is 1.75. The molecule has 0 aromatic carbocycles. The Morgan fingerprint density at radius 1 is 1.15 bits per heavy atom. The molecule has 0 radical (unpaired) electrons. The lowest BCUT2D eigenvalue weighted by Gasteiger charge is -2.14. The molecular weight excluding hydrogens is 176 g/mol. The average Bonchev–Trinajstić information content (AvgIpc) is 1.97. The molecule has 0 aliphatic heterocycles. The summed E-state index contributed by atoms with van der Waals surface area (Å²) in [4.78, 5) is 31.5. The van der Waals surface area contributed by atoms with Crippen LogP contribution in [0.25, 0.3) is 0 Å². The van der Waals surface area contributed by atoms with E-state index in [-0.39, 0.29) is 5.92 Å². The summed E-state index contributed by atoms with van der Waals surface area (Å²) < 4.78 is 0. The van der Waals surface area contributed by atoms with Gasteiger partial charge in [0.15, 0.2) is 0 Å². The minimum absolute atomic E-state index is 0.278. The highest BCUT2D eigenvalue weighted by Crippen LogP contribution is 2.16. The highest BCUT2D eigenvalue weighted by Gasteiger charge is 2.29. The Morgan fingerprint density at radius 3 is 1.85 bits per heavy atom. The molecule has 74 valence electrons. The summed E-state index contributed by atoms with van der Waals surface area (Å²) in [5.41, 5.74) is 0. The quantitative estimate of drug-likeness (QED) is 0.609. The molecule has 0 aliphatic rings. The van der Waals surface area contributed by atoms with Gasteiger partial charge < -0.3 is 10.2 Å². The molecule has 0 aromatic rings. The monoisotopic (exact) mass is 188 g/mol. The largest absolute Gasteiger partial charge is 0.481 e. The molecule has 0 bridgehead atoms. The van der Waals surface area contributed by atoms with E-state index in [1.165, 1.54) is 0 Å². The Hall–Kier alpha value is -1.39. The summed E-state index contributed by atoms with van der Waals surface area (Å²) in [6.45, 7) is 3.24. The third kappa shape index (κ3) is 3.68. The first kappa shape index (κ1) is 11.6. The van der Waals surface area contributed by atoms with Crippen LogP contribution in [0, 0.1) is 11.8 Å². The van der Waals surface area contributed by atoms with Crippen LogP contribution in [0.4, 0.5) is 0 Å². The Bertz CT molecular complexity index is 231. The van der Waals surface area contributed by atoms with Gasteiger partial charge in [-0.3, -0.25) is 9.59 Å². The zero-order valence-corrected chi connectivity index (χ0v) is 7.48. The first-order valence-corrected chi connectivity index (χ1v) is 3.85. The fourth-order valence-electron chi connectivity index (χ4n) is 0.978. The van der Waals surface area contributed by atoms with Crippen molar-refractivity contribution in [2.24, 2.45) is 11.8 Å². The van der Waals surface area contributed by atoms with E-state index in [0.29, 0.717) is 0 Å². The molecule has 0 saturated heterocycles. The van der Waals surface area contributed by atoms with Crippen molar-refractivity contribution in [3.05, 3.63) is 0 Å². The third-order valence-electron chi connectivity index (χ3n) is 1.75. The molecular formula is C8H12O5. The maximum Gasteiger partial charge on any atom is 0.372 e. The first-order valence-electron chi connectivity index (χ1n) is 3.85. The van der Waals surface area contributed by atoms with E-state index in [1.807, 2.05) is 0 Å². The lowest BCUT2D eigenvalue weighted by atomic mass is 9.88. The summed E-state index contributed by atoms with van der Waals surface area (Å²) >= 11 is 0. The van der Waals surface area contributed by atoms with E-state index in [1.54, 1.807) is 13.8 Å². The number of rotatable bonds is 5. The number of carboxylic acids is 2. The van der Waals surface area contributed by atoms with Crippen molar-refractivity contribution >= 4 is 17.7 Å². The van der Waals surface area contributed by atoms with Crippen molar-refractivity contribution in [2.45, 2.75) is 20.3 Å². The molecule has 0 fully saturated rings. The molecule has 13 heavy (non-hydrogen) atoms. The Kier molecular flexibility index (Phi) is 4.10. The zero-order valence-electron chi connectivity index (χ0n) is 7.48. The molecule has 0 aliphatic carbocycles. The van der Waals surface area contributed by atoms with Gasteiger partial charge >= 0.3 is 11.9 Å². The van der Waals surface area contributed by atoms with Crippen molar-refractivity contribution in [3.8, 4) is 0 Å². The zero-order chi connectivity index (χ0) is 10.6. The second kappa shape index (κ2) is 4.59. The lowest BCUT2D eigenvalue weighted by molar-refractivity contribution is -0.153. The Morgan fingerprint density at radius 2 is 1.62 bits per heavy atom. The maximum atomic E-state index is 11.0. The number of aliphatic carboxylic acids is 2. The van der Waals surface area contributed by atoms with Crippen LogP contribution < -0.4 is 0 Å². The van der Waals surface area contributed by atoms with E-state index in [2.05, 4.69) is 0 Å². The van der Waals surface area contributed by atoms with Crippen molar-refractivity contribution in [2.75, 3.05) is 0 Å². The predicted octanol–water partition coefficient (Wildman–Crippen LogP) is 0.387. The van der Waals surface area contributed by atoms with Gasteiger partial charge in [0.1, 0.15) is 0 Å². The topological polar surface area (TPSA) is 91.7 Å².